The van der Waals surface area contributed by atoms with Crippen molar-refractivity contribution in [1.82, 2.24) is 4.31 Å². The van der Waals surface area contributed by atoms with Gasteiger partial charge in [-0.25, -0.2) is 13.2 Å². The normalized spacial score (nSPS) is 15.9. The van der Waals surface area contributed by atoms with E-state index in [1.165, 1.54) is 6.07 Å². The molecule has 0 aliphatic carbocycles. The number of furan rings is 1. The van der Waals surface area contributed by atoms with Crippen molar-refractivity contribution in [3.8, 4) is 0 Å². The summed E-state index contributed by atoms with van der Waals surface area (Å²) in [6, 6.07) is 8.47. The van der Waals surface area contributed by atoms with E-state index < -0.39 is 32.6 Å². The average molecular weight is 533 g/mol. The van der Waals surface area contributed by atoms with Crippen LogP contribution in [-0.4, -0.2) is 50.0 Å². The fourth-order valence-corrected chi connectivity index (χ4v) is 5.73. The molecule has 2 aromatic carbocycles. The van der Waals surface area contributed by atoms with Crippen molar-refractivity contribution < 1.29 is 35.9 Å². The zero-order valence-electron chi connectivity index (χ0n) is 16.3. The molecule has 12 heteroatoms. The number of benzene rings is 2. The van der Waals surface area contributed by atoms with Gasteiger partial charge in [0.25, 0.3) is 0 Å². The van der Waals surface area contributed by atoms with Gasteiger partial charge >= 0.3 is 12.1 Å². The molecule has 32 heavy (non-hydrogen) atoms. The van der Waals surface area contributed by atoms with Crippen LogP contribution in [0.1, 0.15) is 16.1 Å². The Kier molecular flexibility index (Phi) is 5.72. The number of carbonyl (C=O) groups is 1. The third-order valence-electron chi connectivity index (χ3n) is 5.20. The van der Waals surface area contributed by atoms with Crippen LogP contribution in [0.25, 0.3) is 11.0 Å². The highest BCUT2D eigenvalue weighted by Crippen LogP contribution is 2.37. The van der Waals surface area contributed by atoms with Gasteiger partial charge in [-0.2, -0.15) is 17.5 Å². The maximum absolute atomic E-state index is 13.0. The fourth-order valence-electron chi connectivity index (χ4n) is 3.57. The van der Waals surface area contributed by atoms with Crippen molar-refractivity contribution in [3.63, 3.8) is 0 Å². The van der Waals surface area contributed by atoms with Crippen LogP contribution in [0, 0.1) is 0 Å². The number of fused-ring (bicyclic) bond motifs is 1. The van der Waals surface area contributed by atoms with Crippen molar-refractivity contribution in [2.24, 2.45) is 0 Å². The Morgan fingerprint density at radius 3 is 2.38 bits per heavy atom. The predicted octanol–water partition coefficient (Wildman–Crippen LogP) is 4.42. The lowest BCUT2D eigenvalue weighted by Gasteiger charge is -2.36. The molecular formula is C20H16BrF3N2O5S. The molecule has 170 valence electrons. The fraction of sp³-hybridized carbons (Fsp3) is 0.250. The highest BCUT2D eigenvalue weighted by molar-refractivity contribution is 9.10. The van der Waals surface area contributed by atoms with E-state index in [2.05, 4.69) is 15.9 Å². The number of rotatable bonds is 4. The minimum Gasteiger partial charge on any atom is -0.475 e. The molecule has 1 N–H and O–H groups in total. The van der Waals surface area contributed by atoms with Crippen molar-refractivity contribution in [1.29, 1.82) is 0 Å². The Bertz CT molecular complexity index is 1300. The quantitative estimate of drug-likeness (QED) is 0.534. The lowest BCUT2D eigenvalue weighted by Crippen LogP contribution is -2.48. The number of carboxylic acids is 1. The van der Waals surface area contributed by atoms with Crippen LogP contribution in [0.3, 0.4) is 0 Å². The Morgan fingerprint density at radius 2 is 1.75 bits per heavy atom. The largest absolute Gasteiger partial charge is 0.475 e. The van der Waals surface area contributed by atoms with Gasteiger partial charge in [0.15, 0.2) is 0 Å². The summed E-state index contributed by atoms with van der Waals surface area (Å²) in [5, 5.41) is 9.68. The highest BCUT2D eigenvalue weighted by atomic mass is 79.9. The lowest BCUT2D eigenvalue weighted by atomic mass is 10.2. The number of nitrogens with zero attached hydrogens (tertiary/aromatic N) is 2. The molecule has 7 nitrogen and oxygen atoms in total. The van der Waals surface area contributed by atoms with Crippen LogP contribution in [0.15, 0.2) is 56.2 Å². The Balaban J connectivity index is 1.54. The van der Waals surface area contributed by atoms with E-state index in [0.29, 0.717) is 34.6 Å². The number of halogens is 4. The van der Waals surface area contributed by atoms with Gasteiger partial charge in [0.1, 0.15) is 5.58 Å². The summed E-state index contributed by atoms with van der Waals surface area (Å²) < 4.78 is 71.7. The lowest BCUT2D eigenvalue weighted by molar-refractivity contribution is -0.137. The Labute approximate surface area is 189 Å². The summed E-state index contributed by atoms with van der Waals surface area (Å²) >= 11 is 3.46. The molecule has 4 rings (SSSR count). The molecule has 1 saturated heterocycles. The number of anilines is 1. The van der Waals surface area contributed by atoms with E-state index in [4.69, 9.17) is 9.52 Å². The minimum absolute atomic E-state index is 0.0782. The molecule has 1 aliphatic heterocycles. The first-order valence-electron chi connectivity index (χ1n) is 9.36. The summed E-state index contributed by atoms with van der Waals surface area (Å²) in [6.07, 6.45) is -4.64. The van der Waals surface area contributed by atoms with E-state index in [1.54, 1.807) is 12.1 Å². The summed E-state index contributed by atoms with van der Waals surface area (Å²) in [6.45, 7) is 0.752. The number of carboxylic acid groups (broad SMARTS) is 1. The molecule has 0 radical (unpaired) electrons. The number of hydrogen-bond acceptors (Lipinski definition) is 5. The Morgan fingerprint density at radius 1 is 1.06 bits per heavy atom. The smallest absolute Gasteiger partial charge is 0.416 e. The van der Waals surface area contributed by atoms with Gasteiger partial charge in [0, 0.05) is 37.6 Å². The SMILES string of the molecule is O=C(O)c1cc2c(Br)c(N3CCN(S(=O)(=O)c4cccc(C(F)(F)F)c4)CC3)ccc2o1. The van der Waals surface area contributed by atoms with E-state index >= 15 is 0 Å². The molecule has 0 amide bonds. The summed E-state index contributed by atoms with van der Waals surface area (Å²) in [7, 11) is -4.09. The molecular weight excluding hydrogens is 517 g/mol. The second-order valence-corrected chi connectivity index (χ2v) is 9.87. The third-order valence-corrected chi connectivity index (χ3v) is 7.93. The van der Waals surface area contributed by atoms with E-state index in [9.17, 15) is 26.4 Å². The van der Waals surface area contributed by atoms with Crippen LogP contribution in [0.4, 0.5) is 18.9 Å². The van der Waals surface area contributed by atoms with Crippen LogP contribution < -0.4 is 4.90 Å². The van der Waals surface area contributed by atoms with E-state index in [-0.39, 0.29) is 18.8 Å². The second kappa shape index (κ2) is 8.09. The number of sulfonamides is 1. The van der Waals surface area contributed by atoms with Gasteiger partial charge in [-0.1, -0.05) is 6.07 Å². The first kappa shape index (κ1) is 22.6. The van der Waals surface area contributed by atoms with E-state index in [0.717, 1.165) is 28.2 Å². The zero-order valence-corrected chi connectivity index (χ0v) is 18.7. The van der Waals surface area contributed by atoms with Crippen LogP contribution in [0.2, 0.25) is 0 Å². The predicted molar refractivity (Wildman–Crippen MR) is 113 cm³/mol. The van der Waals surface area contributed by atoms with Gasteiger partial charge in [0.05, 0.1) is 20.6 Å². The summed E-state index contributed by atoms with van der Waals surface area (Å²) in [4.78, 5) is 12.7. The van der Waals surface area contributed by atoms with Crippen molar-refractivity contribution in [2.75, 3.05) is 31.1 Å². The second-order valence-electron chi connectivity index (χ2n) is 7.14. The van der Waals surface area contributed by atoms with Gasteiger partial charge in [-0.3, -0.25) is 0 Å². The van der Waals surface area contributed by atoms with E-state index in [1.807, 2.05) is 4.90 Å². The monoisotopic (exact) mass is 532 g/mol. The van der Waals surface area contributed by atoms with Gasteiger partial charge < -0.3 is 14.4 Å². The molecule has 1 aromatic heterocycles. The highest BCUT2D eigenvalue weighted by Gasteiger charge is 2.34. The van der Waals surface area contributed by atoms with Crippen LogP contribution >= 0.6 is 15.9 Å². The molecule has 0 unspecified atom stereocenters. The van der Waals surface area contributed by atoms with Crippen LogP contribution in [0.5, 0.6) is 0 Å². The van der Waals surface area contributed by atoms with Crippen LogP contribution in [-0.2, 0) is 16.2 Å². The first-order valence-corrected chi connectivity index (χ1v) is 11.6. The number of alkyl halides is 3. The topological polar surface area (TPSA) is 91.1 Å². The molecule has 0 saturated carbocycles. The average Bonchev–Trinajstić information content (AvgIpc) is 3.19. The number of piperazine rings is 1. The summed E-state index contributed by atoms with van der Waals surface area (Å²) in [5.41, 5.74) is 0.102. The molecule has 1 aliphatic rings. The molecule has 0 spiro atoms. The van der Waals surface area contributed by atoms with Crippen molar-refractivity contribution in [2.45, 2.75) is 11.1 Å². The van der Waals surface area contributed by atoms with Gasteiger partial charge in [0.2, 0.25) is 15.8 Å². The third kappa shape index (κ3) is 4.09. The number of aromatic carboxylic acids is 1. The molecule has 1 fully saturated rings. The maximum atomic E-state index is 13.0. The molecule has 3 aromatic rings. The van der Waals surface area contributed by atoms with Gasteiger partial charge in [-0.15, -0.1) is 0 Å². The first-order chi connectivity index (χ1) is 15.0. The zero-order chi connectivity index (χ0) is 23.3. The Hall–Kier alpha value is -2.57. The van der Waals surface area contributed by atoms with Crippen molar-refractivity contribution in [3.05, 3.63) is 58.3 Å². The number of hydrogen-bond donors (Lipinski definition) is 1. The minimum atomic E-state index is -4.64. The van der Waals surface area contributed by atoms with Crippen molar-refractivity contribution >= 4 is 48.6 Å². The molecule has 0 bridgehead atoms. The molecule has 2 heterocycles. The molecule has 0 atom stereocenters. The standard InChI is InChI=1S/C20H16BrF3N2O5S/c21-18-14-11-17(19(27)28)31-16(14)5-4-15(18)25-6-8-26(9-7-25)32(29,30)13-3-1-2-12(10-13)20(22,23)24/h1-5,10-11H,6-9H2,(H,27,28). The maximum Gasteiger partial charge on any atom is 0.416 e. The summed E-state index contributed by atoms with van der Waals surface area (Å²) in [5.74, 6) is -1.39. The van der Waals surface area contributed by atoms with Gasteiger partial charge in [-0.05, 0) is 46.3 Å².